The summed E-state index contributed by atoms with van der Waals surface area (Å²) in [6, 6.07) is 7.07. The molecule has 0 unspecified atom stereocenters. The SMILES string of the molecule is CNC1CCC(Nc2ncc3c(-c4ccc5ncc(C(=O)N6CCCC6)n5c4)ccn3n2)CC1. The second-order valence-electron chi connectivity index (χ2n) is 9.41. The maximum atomic E-state index is 13.0. The van der Waals surface area contributed by atoms with Crippen molar-refractivity contribution in [3.63, 3.8) is 0 Å². The van der Waals surface area contributed by atoms with Gasteiger partial charge in [-0.3, -0.25) is 9.20 Å². The van der Waals surface area contributed by atoms with Crippen LogP contribution in [0.1, 0.15) is 49.0 Å². The Labute approximate surface area is 198 Å². The molecule has 1 aliphatic heterocycles. The zero-order chi connectivity index (χ0) is 23.1. The molecular weight excluding hydrogens is 428 g/mol. The van der Waals surface area contributed by atoms with Gasteiger partial charge in [-0.2, -0.15) is 0 Å². The summed E-state index contributed by atoms with van der Waals surface area (Å²) in [6.45, 7) is 1.64. The largest absolute Gasteiger partial charge is 0.350 e. The van der Waals surface area contributed by atoms with E-state index in [9.17, 15) is 4.79 Å². The first-order valence-electron chi connectivity index (χ1n) is 12.2. The monoisotopic (exact) mass is 458 g/mol. The van der Waals surface area contributed by atoms with E-state index in [0.717, 1.165) is 61.1 Å². The summed E-state index contributed by atoms with van der Waals surface area (Å²) in [4.78, 5) is 24.0. The Morgan fingerprint density at radius 2 is 1.79 bits per heavy atom. The second-order valence-corrected chi connectivity index (χ2v) is 9.41. The van der Waals surface area contributed by atoms with Gasteiger partial charge in [0.15, 0.2) is 0 Å². The van der Waals surface area contributed by atoms with Crippen LogP contribution < -0.4 is 10.6 Å². The number of rotatable bonds is 5. The van der Waals surface area contributed by atoms with Crippen LogP contribution in [0.5, 0.6) is 0 Å². The van der Waals surface area contributed by atoms with Crippen LogP contribution >= 0.6 is 0 Å². The fraction of sp³-hybridized carbons (Fsp3) is 0.440. The number of aromatic nitrogens is 5. The van der Waals surface area contributed by atoms with E-state index in [0.29, 0.717) is 23.7 Å². The minimum Gasteiger partial charge on any atom is -0.350 e. The molecule has 1 saturated heterocycles. The van der Waals surface area contributed by atoms with E-state index in [1.54, 1.807) is 6.20 Å². The van der Waals surface area contributed by atoms with Crippen LogP contribution in [0.15, 0.2) is 43.0 Å². The van der Waals surface area contributed by atoms with Crippen molar-refractivity contribution in [1.82, 2.24) is 34.2 Å². The van der Waals surface area contributed by atoms with Gasteiger partial charge >= 0.3 is 0 Å². The lowest BCUT2D eigenvalue weighted by Gasteiger charge is -2.28. The number of nitrogens with one attached hydrogen (secondary N) is 2. The standard InChI is InChI=1S/C25H30N8O/c1-26-18-5-7-19(8-6-18)29-25-28-14-21-20(10-13-33(21)30-25)17-4-9-23-27-15-22(32(23)16-17)24(34)31-11-2-3-12-31/h4,9-10,13-16,18-19,26H,2-3,5-8,11-12H2,1H3,(H,29,30). The highest BCUT2D eigenvalue weighted by Crippen LogP contribution is 2.27. The van der Waals surface area contributed by atoms with Gasteiger partial charge in [0.1, 0.15) is 11.3 Å². The number of amides is 1. The van der Waals surface area contributed by atoms with E-state index >= 15 is 0 Å². The van der Waals surface area contributed by atoms with Gasteiger partial charge < -0.3 is 15.5 Å². The van der Waals surface area contributed by atoms with E-state index in [4.69, 9.17) is 5.10 Å². The van der Waals surface area contributed by atoms with Crippen LogP contribution in [0.2, 0.25) is 0 Å². The first-order chi connectivity index (χ1) is 16.7. The summed E-state index contributed by atoms with van der Waals surface area (Å²) in [5, 5.41) is 11.6. The quantitative estimate of drug-likeness (QED) is 0.477. The lowest BCUT2D eigenvalue weighted by Crippen LogP contribution is -2.35. The highest BCUT2D eigenvalue weighted by Gasteiger charge is 2.23. The molecule has 1 saturated carbocycles. The number of carbonyl (C=O) groups is 1. The normalized spacial score (nSPS) is 20.9. The molecule has 9 heteroatoms. The van der Waals surface area contributed by atoms with Gasteiger partial charge in [0, 0.05) is 48.7 Å². The molecule has 4 aromatic heterocycles. The summed E-state index contributed by atoms with van der Waals surface area (Å²) >= 11 is 0. The predicted molar refractivity (Wildman–Crippen MR) is 131 cm³/mol. The van der Waals surface area contributed by atoms with Gasteiger partial charge in [0.25, 0.3) is 5.91 Å². The molecule has 6 rings (SSSR count). The molecule has 0 spiro atoms. The Kier molecular flexibility index (Phi) is 5.41. The Bertz CT molecular complexity index is 1330. The van der Waals surface area contributed by atoms with Crippen LogP contribution in [0.25, 0.3) is 22.3 Å². The topological polar surface area (TPSA) is 91.9 Å². The Hall–Kier alpha value is -3.46. The Morgan fingerprint density at radius 3 is 2.59 bits per heavy atom. The van der Waals surface area contributed by atoms with Crippen molar-refractivity contribution >= 4 is 23.0 Å². The van der Waals surface area contributed by atoms with Crippen LogP contribution in [0.3, 0.4) is 0 Å². The maximum Gasteiger partial charge on any atom is 0.272 e. The first-order valence-corrected chi connectivity index (χ1v) is 12.2. The molecule has 2 fully saturated rings. The minimum atomic E-state index is 0.0479. The third kappa shape index (κ3) is 3.79. The van der Waals surface area contributed by atoms with Gasteiger partial charge in [0.2, 0.25) is 5.95 Å². The Morgan fingerprint density at radius 1 is 1.00 bits per heavy atom. The van der Waals surface area contributed by atoms with Crippen molar-refractivity contribution in [1.29, 1.82) is 0 Å². The van der Waals surface area contributed by atoms with Crippen LogP contribution in [0.4, 0.5) is 5.95 Å². The van der Waals surface area contributed by atoms with E-state index in [1.807, 2.05) is 57.7 Å². The number of nitrogens with zero attached hydrogens (tertiary/aromatic N) is 6. The third-order valence-electron chi connectivity index (χ3n) is 7.31. The van der Waals surface area contributed by atoms with Gasteiger partial charge in [0.05, 0.1) is 17.9 Å². The average Bonchev–Trinajstić information content (AvgIpc) is 3.63. The summed E-state index contributed by atoms with van der Waals surface area (Å²) in [5.41, 5.74) is 4.33. The number of carbonyl (C=O) groups excluding carboxylic acids is 1. The van der Waals surface area contributed by atoms with Crippen molar-refractivity contribution in [2.24, 2.45) is 0 Å². The Balaban J connectivity index is 1.26. The second kappa shape index (κ2) is 8.72. The van der Waals surface area contributed by atoms with Crippen LogP contribution in [0, 0.1) is 0 Å². The van der Waals surface area contributed by atoms with Gasteiger partial charge in [-0.15, -0.1) is 5.10 Å². The lowest BCUT2D eigenvalue weighted by molar-refractivity contribution is 0.0786. The predicted octanol–water partition coefficient (Wildman–Crippen LogP) is 3.22. The number of hydrogen-bond acceptors (Lipinski definition) is 6. The minimum absolute atomic E-state index is 0.0479. The van der Waals surface area contributed by atoms with Crippen LogP contribution in [-0.4, -0.2) is 67.0 Å². The fourth-order valence-corrected chi connectivity index (χ4v) is 5.30. The molecule has 0 bridgehead atoms. The van der Waals surface area contributed by atoms with Gasteiger partial charge in [-0.25, -0.2) is 14.5 Å². The van der Waals surface area contributed by atoms with Crippen molar-refractivity contribution in [2.45, 2.75) is 50.6 Å². The average molecular weight is 459 g/mol. The van der Waals surface area contributed by atoms with Gasteiger partial charge in [-0.05, 0) is 63.8 Å². The molecule has 0 radical (unpaired) electrons. The highest BCUT2D eigenvalue weighted by atomic mass is 16.2. The number of anilines is 1. The molecule has 5 heterocycles. The molecule has 9 nitrogen and oxygen atoms in total. The van der Waals surface area contributed by atoms with Crippen molar-refractivity contribution in [3.8, 4) is 11.1 Å². The maximum absolute atomic E-state index is 13.0. The van der Waals surface area contributed by atoms with E-state index in [1.165, 1.54) is 12.8 Å². The molecular formula is C25H30N8O. The number of likely N-dealkylation sites (tertiary alicyclic amines) is 1. The summed E-state index contributed by atoms with van der Waals surface area (Å²) in [5.74, 6) is 0.706. The van der Waals surface area contributed by atoms with Crippen molar-refractivity contribution in [2.75, 3.05) is 25.5 Å². The van der Waals surface area contributed by atoms with Crippen molar-refractivity contribution < 1.29 is 4.79 Å². The fourth-order valence-electron chi connectivity index (χ4n) is 5.30. The number of imidazole rings is 1. The number of fused-ring (bicyclic) bond motifs is 2. The molecule has 1 aliphatic carbocycles. The summed E-state index contributed by atoms with van der Waals surface area (Å²) < 4.78 is 3.77. The molecule has 2 N–H and O–H groups in total. The van der Waals surface area contributed by atoms with Gasteiger partial charge in [-0.1, -0.05) is 0 Å². The highest BCUT2D eigenvalue weighted by molar-refractivity contribution is 5.93. The molecule has 4 aromatic rings. The van der Waals surface area contributed by atoms with Crippen molar-refractivity contribution in [3.05, 3.63) is 48.7 Å². The van der Waals surface area contributed by atoms with E-state index in [-0.39, 0.29) is 5.91 Å². The third-order valence-corrected chi connectivity index (χ3v) is 7.31. The molecule has 176 valence electrons. The smallest absolute Gasteiger partial charge is 0.272 e. The lowest BCUT2D eigenvalue weighted by atomic mass is 9.91. The molecule has 2 aliphatic rings. The molecule has 1 amide bonds. The molecule has 0 atom stereocenters. The molecule has 0 aromatic carbocycles. The number of pyridine rings is 1. The van der Waals surface area contributed by atoms with E-state index < -0.39 is 0 Å². The summed E-state index contributed by atoms with van der Waals surface area (Å²) in [7, 11) is 2.04. The zero-order valence-electron chi connectivity index (χ0n) is 19.4. The number of hydrogen-bond donors (Lipinski definition) is 2. The first kappa shape index (κ1) is 21.1. The summed E-state index contributed by atoms with van der Waals surface area (Å²) in [6.07, 6.45) is 14.2. The zero-order valence-corrected chi connectivity index (χ0v) is 19.4. The van der Waals surface area contributed by atoms with Crippen LogP contribution in [-0.2, 0) is 0 Å². The van der Waals surface area contributed by atoms with E-state index in [2.05, 4.69) is 20.6 Å². The molecule has 34 heavy (non-hydrogen) atoms.